The second-order valence-electron chi connectivity index (χ2n) is 11.5. The van der Waals surface area contributed by atoms with Gasteiger partial charge in [-0.15, -0.1) is 0 Å². The Kier molecular flexibility index (Phi) is 4.61. The third-order valence-electron chi connectivity index (χ3n) is 8.42. The Hall–Kier alpha value is -3.26. The zero-order valence-corrected chi connectivity index (χ0v) is 20.2. The zero-order chi connectivity index (χ0) is 23.6. The molecule has 0 unspecified atom stereocenters. The molecule has 3 aromatic carbocycles. The van der Waals surface area contributed by atoms with Crippen molar-refractivity contribution >= 4 is 16.6 Å². The van der Waals surface area contributed by atoms with E-state index in [1.807, 2.05) is 30.5 Å². The maximum Gasteiger partial charge on any atom is 0.169 e. The summed E-state index contributed by atoms with van der Waals surface area (Å²) in [5, 5.41) is 2.30. The normalized spacial score (nSPS) is 25.8. The molecule has 4 aromatic rings. The second kappa shape index (κ2) is 7.37. The van der Waals surface area contributed by atoms with Crippen molar-refractivity contribution < 1.29 is 4.79 Å². The molecule has 0 spiro atoms. The fourth-order valence-electron chi connectivity index (χ4n) is 6.68. The molecule has 3 saturated carbocycles. The summed E-state index contributed by atoms with van der Waals surface area (Å²) in [4.78, 5) is 18.9. The topological polar surface area (TPSA) is 30.0 Å². The molecule has 0 N–H and O–H groups in total. The molecule has 0 radical (unpaired) electrons. The van der Waals surface area contributed by atoms with Crippen LogP contribution in [0, 0.1) is 5.41 Å². The maximum absolute atomic E-state index is 14.2. The first kappa shape index (κ1) is 21.3. The molecule has 2 heteroatoms. The summed E-state index contributed by atoms with van der Waals surface area (Å²) in [5.41, 5.74) is 4.42. The maximum atomic E-state index is 14.2. The molecule has 0 saturated heterocycles. The highest BCUT2D eigenvalue weighted by Gasteiger charge is 2.70. The number of ketones is 1. The lowest BCUT2D eigenvalue weighted by Crippen LogP contribution is -2.47. The number of hydrogen-bond donors (Lipinski definition) is 0. The summed E-state index contributed by atoms with van der Waals surface area (Å²) in [5.74, 6) is 0.431. The van der Waals surface area contributed by atoms with Gasteiger partial charge >= 0.3 is 0 Å². The monoisotopic (exact) mass is 445 g/mol. The Bertz CT molecular complexity index is 1390. The van der Waals surface area contributed by atoms with Crippen LogP contribution in [0.25, 0.3) is 10.8 Å². The highest BCUT2D eigenvalue weighted by molar-refractivity contribution is 6.05. The fourth-order valence-corrected chi connectivity index (χ4v) is 6.68. The van der Waals surface area contributed by atoms with Gasteiger partial charge in [-0.2, -0.15) is 0 Å². The summed E-state index contributed by atoms with van der Waals surface area (Å²) in [6.45, 7) is 6.80. The predicted octanol–water partition coefficient (Wildman–Crippen LogP) is 7.62. The van der Waals surface area contributed by atoms with Crippen LogP contribution in [-0.2, 0) is 10.8 Å². The Morgan fingerprint density at radius 2 is 1.62 bits per heavy atom. The van der Waals surface area contributed by atoms with Gasteiger partial charge in [0.1, 0.15) is 0 Å². The van der Waals surface area contributed by atoms with Crippen LogP contribution in [-0.4, -0.2) is 10.8 Å². The minimum atomic E-state index is -0.380. The fraction of sp³-hybridized carbons (Fsp3) is 0.312. The SMILES string of the molecule is CC(C)(C)c1cccc(C23C[C@@H](c4ccccn4)C(C(=O)c4ccc5ccccc5c4)(C2)C3)c1. The molecule has 3 aliphatic carbocycles. The molecular formula is C32H31NO. The van der Waals surface area contributed by atoms with E-state index in [1.54, 1.807) is 0 Å². The number of fused-ring (bicyclic) bond motifs is 2. The van der Waals surface area contributed by atoms with Gasteiger partial charge in [0.05, 0.1) is 0 Å². The van der Waals surface area contributed by atoms with Crippen molar-refractivity contribution in [2.24, 2.45) is 5.41 Å². The van der Waals surface area contributed by atoms with E-state index >= 15 is 0 Å². The smallest absolute Gasteiger partial charge is 0.169 e. The van der Waals surface area contributed by atoms with Crippen LogP contribution in [0.1, 0.15) is 73.1 Å². The first-order valence-corrected chi connectivity index (χ1v) is 12.4. The zero-order valence-electron chi connectivity index (χ0n) is 20.2. The molecule has 1 heterocycles. The van der Waals surface area contributed by atoms with Gasteiger partial charge in [0.15, 0.2) is 5.78 Å². The number of carbonyl (C=O) groups excluding carboxylic acids is 1. The summed E-state index contributed by atoms with van der Waals surface area (Å²) in [6, 6.07) is 29.7. The van der Waals surface area contributed by atoms with Gasteiger partial charge in [-0.05, 0) is 70.2 Å². The number of nitrogens with zero attached hydrogens (tertiary/aromatic N) is 1. The highest BCUT2D eigenvalue weighted by Crippen LogP contribution is 2.73. The van der Waals surface area contributed by atoms with E-state index in [-0.39, 0.29) is 27.9 Å². The highest BCUT2D eigenvalue weighted by atomic mass is 16.1. The average Bonchev–Trinajstić information content (AvgIpc) is 3.37. The molecule has 170 valence electrons. The first-order valence-electron chi connectivity index (χ1n) is 12.4. The quantitative estimate of drug-likeness (QED) is 0.302. The van der Waals surface area contributed by atoms with Crippen LogP contribution < -0.4 is 0 Å². The molecule has 7 rings (SSSR count). The third-order valence-corrected chi connectivity index (χ3v) is 8.42. The predicted molar refractivity (Wildman–Crippen MR) is 138 cm³/mol. The van der Waals surface area contributed by atoms with Gasteiger partial charge in [0, 0.05) is 28.8 Å². The Morgan fingerprint density at radius 3 is 2.35 bits per heavy atom. The molecule has 1 aromatic heterocycles. The van der Waals surface area contributed by atoms with Crippen molar-refractivity contribution in [3.8, 4) is 0 Å². The number of aromatic nitrogens is 1. The molecule has 3 fully saturated rings. The number of hydrogen-bond acceptors (Lipinski definition) is 2. The summed E-state index contributed by atoms with van der Waals surface area (Å²) in [7, 11) is 0. The first-order chi connectivity index (χ1) is 16.3. The Morgan fingerprint density at radius 1 is 0.853 bits per heavy atom. The number of benzene rings is 3. The van der Waals surface area contributed by atoms with Crippen molar-refractivity contribution in [3.63, 3.8) is 0 Å². The van der Waals surface area contributed by atoms with E-state index in [9.17, 15) is 4.79 Å². The molecule has 2 bridgehead atoms. The van der Waals surface area contributed by atoms with E-state index in [0.29, 0.717) is 0 Å². The van der Waals surface area contributed by atoms with Crippen molar-refractivity contribution in [2.45, 2.75) is 56.8 Å². The van der Waals surface area contributed by atoms with Crippen LogP contribution in [0.15, 0.2) is 91.1 Å². The van der Waals surface area contributed by atoms with Crippen LogP contribution in [0.4, 0.5) is 0 Å². The van der Waals surface area contributed by atoms with Gasteiger partial charge in [-0.3, -0.25) is 9.78 Å². The minimum Gasteiger partial charge on any atom is -0.294 e. The van der Waals surface area contributed by atoms with Gasteiger partial charge in [-0.25, -0.2) is 0 Å². The van der Waals surface area contributed by atoms with Crippen LogP contribution in [0.3, 0.4) is 0 Å². The van der Waals surface area contributed by atoms with Crippen LogP contribution >= 0.6 is 0 Å². The van der Waals surface area contributed by atoms with Gasteiger partial charge in [0.25, 0.3) is 0 Å². The second-order valence-corrected chi connectivity index (χ2v) is 11.5. The van der Waals surface area contributed by atoms with E-state index in [4.69, 9.17) is 4.98 Å². The molecule has 1 atom stereocenters. The number of pyridine rings is 1. The van der Waals surface area contributed by atoms with Gasteiger partial charge in [0.2, 0.25) is 0 Å². The van der Waals surface area contributed by atoms with Crippen molar-refractivity contribution in [1.29, 1.82) is 0 Å². The largest absolute Gasteiger partial charge is 0.294 e. The van der Waals surface area contributed by atoms with E-state index < -0.39 is 0 Å². The van der Waals surface area contributed by atoms with Gasteiger partial charge in [-0.1, -0.05) is 87.5 Å². The molecular weight excluding hydrogens is 414 g/mol. The van der Waals surface area contributed by atoms with Crippen molar-refractivity contribution in [2.75, 3.05) is 0 Å². The molecule has 0 aliphatic heterocycles. The van der Waals surface area contributed by atoms with Crippen LogP contribution in [0.5, 0.6) is 0 Å². The lowest BCUT2D eigenvalue weighted by Gasteiger charge is -2.48. The lowest BCUT2D eigenvalue weighted by atomic mass is 9.54. The summed E-state index contributed by atoms with van der Waals surface area (Å²) >= 11 is 0. The average molecular weight is 446 g/mol. The van der Waals surface area contributed by atoms with Crippen LogP contribution in [0.2, 0.25) is 0 Å². The van der Waals surface area contributed by atoms with Gasteiger partial charge < -0.3 is 0 Å². The van der Waals surface area contributed by atoms with E-state index in [1.165, 1.54) is 16.5 Å². The number of rotatable bonds is 4. The molecule has 34 heavy (non-hydrogen) atoms. The summed E-state index contributed by atoms with van der Waals surface area (Å²) < 4.78 is 0. The molecule has 0 amide bonds. The minimum absolute atomic E-state index is 0.0515. The number of carbonyl (C=O) groups is 1. The number of Topliss-reactive ketones (excluding diaryl/α,β-unsaturated/α-hetero) is 1. The third kappa shape index (κ3) is 3.15. The molecule has 3 aliphatic rings. The molecule has 2 nitrogen and oxygen atoms in total. The van der Waals surface area contributed by atoms with E-state index in [2.05, 4.69) is 81.4 Å². The Labute approximate surface area is 202 Å². The summed E-state index contributed by atoms with van der Waals surface area (Å²) in [6.07, 6.45) is 4.66. The van der Waals surface area contributed by atoms with Crippen molar-refractivity contribution in [1.82, 2.24) is 4.98 Å². The lowest BCUT2D eigenvalue weighted by molar-refractivity contribution is 0.0537. The standard InChI is InChI=1S/C32H31NO/c1-30(2,3)25-11-8-12-26(18-25)31-19-27(28-13-6-7-16-33-28)32(20-31,21-31)29(34)24-15-14-22-9-4-5-10-23(22)17-24/h4-18,27H,19-21H2,1-3H3/t27-,31?,32?/m0/s1. The Balaban J connectivity index is 1.43. The van der Waals surface area contributed by atoms with Crippen molar-refractivity contribution in [3.05, 3.63) is 114 Å². The van der Waals surface area contributed by atoms with E-state index in [0.717, 1.165) is 35.9 Å².